The summed E-state index contributed by atoms with van der Waals surface area (Å²) < 4.78 is 1.32. The van der Waals surface area contributed by atoms with Crippen molar-refractivity contribution in [2.75, 3.05) is 0 Å². The van der Waals surface area contributed by atoms with Crippen LogP contribution in [-0.2, 0) is 9.59 Å². The molecule has 76 valence electrons. The van der Waals surface area contributed by atoms with Crippen LogP contribution in [-0.4, -0.2) is 31.7 Å². The molecular formula is C7H10N4O3. The number of hydrogen-bond acceptors (Lipinski definition) is 4. The Hall–Kier alpha value is -1.92. The van der Waals surface area contributed by atoms with E-state index in [1.807, 2.05) is 0 Å². The van der Waals surface area contributed by atoms with Crippen LogP contribution in [0.5, 0.6) is 0 Å². The lowest BCUT2D eigenvalue weighted by Gasteiger charge is -2.11. The average molecular weight is 198 g/mol. The smallest absolute Gasteiger partial charge is 0.326 e. The Bertz CT molecular complexity index is 322. The molecule has 0 aromatic carbocycles. The topological polar surface area (TPSA) is 111 Å². The van der Waals surface area contributed by atoms with Gasteiger partial charge < -0.3 is 15.4 Å². The second kappa shape index (κ2) is 4.35. The predicted molar refractivity (Wildman–Crippen MR) is 45.1 cm³/mol. The first-order valence-corrected chi connectivity index (χ1v) is 3.96. The SMILES string of the molecule is NC(=O)CCC(C(=O)O)n1cnnc1. The third kappa shape index (κ3) is 2.54. The molecule has 1 rings (SSSR count). The van der Waals surface area contributed by atoms with Crippen LogP contribution in [0.15, 0.2) is 12.7 Å². The van der Waals surface area contributed by atoms with Gasteiger partial charge in [0.15, 0.2) is 0 Å². The summed E-state index contributed by atoms with van der Waals surface area (Å²) in [4.78, 5) is 21.3. The summed E-state index contributed by atoms with van der Waals surface area (Å²) >= 11 is 0. The molecule has 0 aliphatic rings. The molecular weight excluding hydrogens is 188 g/mol. The monoisotopic (exact) mass is 198 g/mol. The number of nitrogens with zero attached hydrogens (tertiary/aromatic N) is 3. The van der Waals surface area contributed by atoms with E-state index in [-0.39, 0.29) is 12.8 Å². The van der Waals surface area contributed by atoms with Gasteiger partial charge in [-0.2, -0.15) is 0 Å². The second-order valence-electron chi connectivity index (χ2n) is 2.77. The highest BCUT2D eigenvalue weighted by Gasteiger charge is 2.19. The van der Waals surface area contributed by atoms with Gasteiger partial charge in [-0.25, -0.2) is 4.79 Å². The van der Waals surface area contributed by atoms with Crippen molar-refractivity contribution in [3.8, 4) is 0 Å². The molecule has 14 heavy (non-hydrogen) atoms. The van der Waals surface area contributed by atoms with E-state index in [9.17, 15) is 9.59 Å². The summed E-state index contributed by atoms with van der Waals surface area (Å²) in [5, 5.41) is 15.8. The summed E-state index contributed by atoms with van der Waals surface area (Å²) in [6, 6.07) is -0.836. The second-order valence-corrected chi connectivity index (χ2v) is 2.77. The molecule has 1 unspecified atom stereocenters. The lowest BCUT2D eigenvalue weighted by molar-refractivity contribution is -0.141. The quantitative estimate of drug-likeness (QED) is 0.641. The number of hydrogen-bond donors (Lipinski definition) is 2. The zero-order valence-corrected chi connectivity index (χ0v) is 7.33. The van der Waals surface area contributed by atoms with Gasteiger partial charge in [0, 0.05) is 6.42 Å². The van der Waals surface area contributed by atoms with Crippen LogP contribution in [0, 0.1) is 0 Å². The van der Waals surface area contributed by atoms with E-state index >= 15 is 0 Å². The number of aliphatic carboxylic acids is 1. The van der Waals surface area contributed by atoms with E-state index in [1.165, 1.54) is 17.2 Å². The van der Waals surface area contributed by atoms with Crippen LogP contribution in [0.4, 0.5) is 0 Å². The summed E-state index contributed by atoms with van der Waals surface area (Å²) in [5.41, 5.74) is 4.92. The highest BCUT2D eigenvalue weighted by atomic mass is 16.4. The summed E-state index contributed by atoms with van der Waals surface area (Å²) in [6.07, 6.45) is 2.75. The fourth-order valence-corrected chi connectivity index (χ4v) is 1.05. The minimum atomic E-state index is -1.04. The first kappa shape index (κ1) is 10.2. The molecule has 0 spiro atoms. The Labute approximate surface area is 79.5 Å². The van der Waals surface area contributed by atoms with Crippen LogP contribution in [0.2, 0.25) is 0 Å². The van der Waals surface area contributed by atoms with Gasteiger partial charge in [-0.15, -0.1) is 10.2 Å². The molecule has 0 saturated carbocycles. The number of nitrogens with two attached hydrogens (primary N) is 1. The third-order valence-electron chi connectivity index (χ3n) is 1.75. The van der Waals surface area contributed by atoms with Gasteiger partial charge in [0.05, 0.1) is 0 Å². The average Bonchev–Trinajstić information content (AvgIpc) is 2.56. The molecule has 1 aromatic rings. The molecule has 1 aromatic heterocycles. The van der Waals surface area contributed by atoms with Crippen LogP contribution in [0.3, 0.4) is 0 Å². The van der Waals surface area contributed by atoms with Crippen LogP contribution >= 0.6 is 0 Å². The molecule has 0 fully saturated rings. The first-order valence-electron chi connectivity index (χ1n) is 3.96. The Kier molecular flexibility index (Phi) is 3.16. The molecule has 7 heteroatoms. The van der Waals surface area contributed by atoms with Crippen molar-refractivity contribution in [3.63, 3.8) is 0 Å². The standard InChI is InChI=1S/C7H10N4O3/c8-6(12)2-1-5(7(13)14)11-3-9-10-4-11/h3-5H,1-2H2,(H2,8,12)(H,13,14). The lowest BCUT2D eigenvalue weighted by atomic mass is 10.1. The van der Waals surface area contributed by atoms with Crippen LogP contribution in [0.1, 0.15) is 18.9 Å². The van der Waals surface area contributed by atoms with Gasteiger partial charge in [0.2, 0.25) is 5.91 Å². The van der Waals surface area contributed by atoms with Crippen LogP contribution in [0.25, 0.3) is 0 Å². The Morgan fingerprint density at radius 2 is 2.00 bits per heavy atom. The normalized spacial score (nSPS) is 12.3. The minimum absolute atomic E-state index is 0.0230. The predicted octanol–water partition coefficient (Wildman–Crippen LogP) is -0.831. The van der Waals surface area contributed by atoms with E-state index < -0.39 is 17.9 Å². The van der Waals surface area contributed by atoms with E-state index in [0.29, 0.717) is 0 Å². The molecule has 1 heterocycles. The largest absolute Gasteiger partial charge is 0.480 e. The van der Waals surface area contributed by atoms with Crippen molar-refractivity contribution in [1.82, 2.24) is 14.8 Å². The number of carbonyl (C=O) groups excluding carboxylic acids is 1. The number of carboxylic acid groups (broad SMARTS) is 1. The van der Waals surface area contributed by atoms with Crippen molar-refractivity contribution < 1.29 is 14.7 Å². The van der Waals surface area contributed by atoms with E-state index in [4.69, 9.17) is 10.8 Å². The Morgan fingerprint density at radius 1 is 1.43 bits per heavy atom. The van der Waals surface area contributed by atoms with Crippen molar-refractivity contribution in [1.29, 1.82) is 0 Å². The Balaban J connectivity index is 2.66. The van der Waals surface area contributed by atoms with Gasteiger partial charge >= 0.3 is 5.97 Å². The zero-order chi connectivity index (χ0) is 10.6. The molecule has 0 aliphatic carbocycles. The van der Waals surface area contributed by atoms with Gasteiger partial charge in [-0.05, 0) is 6.42 Å². The Morgan fingerprint density at radius 3 is 2.43 bits per heavy atom. The van der Waals surface area contributed by atoms with Crippen molar-refractivity contribution in [2.45, 2.75) is 18.9 Å². The third-order valence-corrected chi connectivity index (χ3v) is 1.75. The minimum Gasteiger partial charge on any atom is -0.480 e. The first-order chi connectivity index (χ1) is 6.61. The molecule has 0 bridgehead atoms. The molecule has 0 radical (unpaired) electrons. The fourth-order valence-electron chi connectivity index (χ4n) is 1.05. The summed E-state index contributed by atoms with van der Waals surface area (Å²) in [7, 11) is 0. The summed E-state index contributed by atoms with van der Waals surface area (Å²) in [6.45, 7) is 0. The molecule has 1 atom stereocenters. The van der Waals surface area contributed by atoms with Gasteiger partial charge in [0.1, 0.15) is 18.7 Å². The van der Waals surface area contributed by atoms with Crippen LogP contribution < -0.4 is 5.73 Å². The van der Waals surface area contributed by atoms with Crippen molar-refractivity contribution in [2.24, 2.45) is 5.73 Å². The molecule has 7 nitrogen and oxygen atoms in total. The maximum atomic E-state index is 10.8. The maximum absolute atomic E-state index is 10.8. The highest BCUT2D eigenvalue weighted by molar-refractivity contribution is 5.76. The number of carbonyl (C=O) groups is 2. The van der Waals surface area contributed by atoms with E-state index in [0.717, 1.165) is 0 Å². The number of aromatic nitrogens is 3. The maximum Gasteiger partial charge on any atom is 0.326 e. The number of amides is 1. The summed E-state index contributed by atoms with van der Waals surface area (Å²) in [5.74, 6) is -1.56. The van der Waals surface area contributed by atoms with Crippen molar-refractivity contribution >= 4 is 11.9 Å². The number of rotatable bonds is 5. The number of carboxylic acids is 1. The molecule has 3 N–H and O–H groups in total. The van der Waals surface area contributed by atoms with Crippen molar-refractivity contribution in [3.05, 3.63) is 12.7 Å². The molecule has 1 amide bonds. The van der Waals surface area contributed by atoms with Gasteiger partial charge in [-0.1, -0.05) is 0 Å². The highest BCUT2D eigenvalue weighted by Crippen LogP contribution is 2.12. The molecule has 0 saturated heterocycles. The number of primary amides is 1. The van der Waals surface area contributed by atoms with Gasteiger partial charge in [-0.3, -0.25) is 4.79 Å². The lowest BCUT2D eigenvalue weighted by Crippen LogP contribution is -2.21. The van der Waals surface area contributed by atoms with E-state index in [2.05, 4.69) is 10.2 Å². The van der Waals surface area contributed by atoms with Gasteiger partial charge in [0.25, 0.3) is 0 Å². The van der Waals surface area contributed by atoms with E-state index in [1.54, 1.807) is 0 Å². The fraction of sp³-hybridized carbons (Fsp3) is 0.429. The molecule has 0 aliphatic heterocycles. The zero-order valence-electron chi connectivity index (χ0n) is 7.33.